The predicted molar refractivity (Wildman–Crippen MR) is 126 cm³/mol. The summed E-state index contributed by atoms with van der Waals surface area (Å²) in [4.78, 5) is 0. The summed E-state index contributed by atoms with van der Waals surface area (Å²) in [6.45, 7) is 11.0. The van der Waals surface area contributed by atoms with Gasteiger partial charge in [0.15, 0.2) is 5.79 Å². The lowest BCUT2D eigenvalue weighted by atomic mass is 10.1. The Hall–Kier alpha value is -0.420. The van der Waals surface area contributed by atoms with Gasteiger partial charge in [-0.3, -0.25) is 0 Å². The summed E-state index contributed by atoms with van der Waals surface area (Å²) in [5, 5.41) is 0. The molecular formula is C26H50O4. The lowest BCUT2D eigenvalue weighted by molar-refractivity contribution is -0.147. The Bertz CT molecular complexity index is 408. The van der Waals surface area contributed by atoms with E-state index in [0.717, 1.165) is 25.9 Å². The molecule has 0 spiro atoms. The first-order valence-corrected chi connectivity index (χ1v) is 12.7. The first kappa shape index (κ1) is 27.6. The van der Waals surface area contributed by atoms with Crippen molar-refractivity contribution in [3.63, 3.8) is 0 Å². The van der Waals surface area contributed by atoms with Gasteiger partial charge < -0.3 is 18.9 Å². The molecule has 1 fully saturated rings. The Kier molecular flexibility index (Phi) is 16.7. The highest BCUT2D eigenvalue weighted by atomic mass is 16.7. The minimum Gasteiger partial charge on any atom is -0.376 e. The van der Waals surface area contributed by atoms with Crippen LogP contribution in [-0.4, -0.2) is 44.4 Å². The van der Waals surface area contributed by atoms with E-state index in [4.69, 9.17) is 18.9 Å². The van der Waals surface area contributed by atoms with Crippen molar-refractivity contribution in [2.45, 2.75) is 129 Å². The van der Waals surface area contributed by atoms with Gasteiger partial charge in [-0.05, 0) is 39.5 Å². The fourth-order valence-electron chi connectivity index (χ4n) is 3.69. The number of ether oxygens (including phenoxy) is 4. The molecule has 2 atom stereocenters. The second-order valence-corrected chi connectivity index (χ2v) is 9.16. The number of hydrogen-bond donors (Lipinski definition) is 0. The van der Waals surface area contributed by atoms with Crippen LogP contribution in [0, 0.1) is 0 Å². The highest BCUT2D eigenvalue weighted by Gasteiger charge is 2.32. The maximum Gasteiger partial charge on any atom is 0.163 e. The van der Waals surface area contributed by atoms with Gasteiger partial charge >= 0.3 is 0 Å². The molecule has 4 nitrogen and oxygen atoms in total. The Balaban J connectivity index is 2.09. The van der Waals surface area contributed by atoms with E-state index < -0.39 is 5.79 Å². The molecule has 0 aromatic rings. The predicted octanol–water partition coefficient (Wildman–Crippen LogP) is 7.21. The molecule has 0 aliphatic carbocycles. The standard InChI is InChI=1S/C26H50O4/c1-5-7-9-10-11-12-13-14-15-16-17-18-19-24(28-20-8-6-2)21-27-22-25-23-29-26(3,4)30-25/h17-18,24-25H,5-16,19-23H2,1-4H3. The molecule has 0 amide bonds. The smallest absolute Gasteiger partial charge is 0.163 e. The first-order chi connectivity index (χ1) is 14.6. The number of rotatable bonds is 20. The maximum atomic E-state index is 6.04. The van der Waals surface area contributed by atoms with E-state index in [2.05, 4.69) is 26.0 Å². The summed E-state index contributed by atoms with van der Waals surface area (Å²) in [5.41, 5.74) is 0. The van der Waals surface area contributed by atoms with Crippen LogP contribution >= 0.6 is 0 Å². The van der Waals surface area contributed by atoms with Crippen LogP contribution in [0.3, 0.4) is 0 Å². The van der Waals surface area contributed by atoms with Crippen LogP contribution in [0.2, 0.25) is 0 Å². The topological polar surface area (TPSA) is 36.9 Å². The molecule has 1 rings (SSSR count). The van der Waals surface area contributed by atoms with Crippen LogP contribution in [-0.2, 0) is 18.9 Å². The van der Waals surface area contributed by atoms with Gasteiger partial charge in [0.05, 0.1) is 25.9 Å². The molecule has 178 valence electrons. The van der Waals surface area contributed by atoms with Crippen molar-refractivity contribution in [1.82, 2.24) is 0 Å². The van der Waals surface area contributed by atoms with Gasteiger partial charge in [-0.2, -0.15) is 0 Å². The van der Waals surface area contributed by atoms with Crippen LogP contribution in [0.4, 0.5) is 0 Å². The molecule has 4 heteroatoms. The molecule has 30 heavy (non-hydrogen) atoms. The minimum atomic E-state index is -0.483. The van der Waals surface area contributed by atoms with Crippen LogP contribution in [0.25, 0.3) is 0 Å². The summed E-state index contributed by atoms with van der Waals surface area (Å²) in [5.74, 6) is -0.483. The lowest BCUT2D eigenvalue weighted by Gasteiger charge is -2.19. The van der Waals surface area contributed by atoms with E-state index in [1.807, 2.05) is 13.8 Å². The van der Waals surface area contributed by atoms with Crippen LogP contribution in [0.1, 0.15) is 111 Å². The van der Waals surface area contributed by atoms with E-state index in [9.17, 15) is 0 Å². The van der Waals surface area contributed by atoms with Gasteiger partial charge in [-0.1, -0.05) is 83.8 Å². The highest BCUT2D eigenvalue weighted by Crippen LogP contribution is 2.22. The second kappa shape index (κ2) is 18.2. The van der Waals surface area contributed by atoms with Gasteiger partial charge in [-0.25, -0.2) is 0 Å². The maximum absolute atomic E-state index is 6.04. The molecule has 0 bridgehead atoms. The number of unbranched alkanes of at least 4 members (excludes halogenated alkanes) is 10. The fourth-order valence-corrected chi connectivity index (χ4v) is 3.69. The van der Waals surface area contributed by atoms with Crippen LogP contribution in [0.5, 0.6) is 0 Å². The number of allylic oxidation sites excluding steroid dienone is 1. The van der Waals surface area contributed by atoms with Crippen molar-refractivity contribution >= 4 is 0 Å². The molecular weight excluding hydrogens is 376 g/mol. The largest absolute Gasteiger partial charge is 0.376 e. The van der Waals surface area contributed by atoms with Crippen molar-refractivity contribution in [3.8, 4) is 0 Å². The SMILES string of the molecule is CCCCCCCCCCCC=CCC(COCC1COC(C)(C)O1)OCCCC. The lowest BCUT2D eigenvalue weighted by Crippen LogP contribution is -2.27. The third-order valence-corrected chi connectivity index (χ3v) is 5.57. The summed E-state index contributed by atoms with van der Waals surface area (Å²) < 4.78 is 23.3. The van der Waals surface area contributed by atoms with E-state index in [1.165, 1.54) is 64.2 Å². The molecule has 1 aliphatic rings. The van der Waals surface area contributed by atoms with Crippen LogP contribution < -0.4 is 0 Å². The van der Waals surface area contributed by atoms with Crippen molar-refractivity contribution in [2.75, 3.05) is 26.4 Å². The normalized spacial score (nSPS) is 19.7. The van der Waals surface area contributed by atoms with E-state index in [1.54, 1.807) is 0 Å². The van der Waals surface area contributed by atoms with Crippen molar-refractivity contribution in [1.29, 1.82) is 0 Å². The van der Waals surface area contributed by atoms with Crippen molar-refractivity contribution < 1.29 is 18.9 Å². The summed E-state index contributed by atoms with van der Waals surface area (Å²) in [6.07, 6.45) is 21.6. The Morgan fingerprint density at radius 2 is 1.57 bits per heavy atom. The van der Waals surface area contributed by atoms with Gasteiger partial charge in [0.2, 0.25) is 0 Å². The zero-order valence-corrected chi connectivity index (χ0v) is 20.5. The van der Waals surface area contributed by atoms with Crippen LogP contribution in [0.15, 0.2) is 12.2 Å². The van der Waals surface area contributed by atoms with Crippen molar-refractivity contribution in [2.24, 2.45) is 0 Å². The average Bonchev–Trinajstić information content (AvgIpc) is 3.07. The molecule has 0 aromatic carbocycles. The van der Waals surface area contributed by atoms with E-state index >= 15 is 0 Å². The van der Waals surface area contributed by atoms with Crippen molar-refractivity contribution in [3.05, 3.63) is 12.2 Å². The quantitative estimate of drug-likeness (QED) is 0.152. The summed E-state index contributed by atoms with van der Waals surface area (Å²) >= 11 is 0. The molecule has 0 aromatic heterocycles. The first-order valence-electron chi connectivity index (χ1n) is 12.7. The number of hydrogen-bond acceptors (Lipinski definition) is 4. The average molecular weight is 427 g/mol. The monoisotopic (exact) mass is 426 g/mol. The molecule has 0 radical (unpaired) electrons. The zero-order chi connectivity index (χ0) is 21.9. The Morgan fingerprint density at radius 3 is 2.20 bits per heavy atom. The molecule has 2 unspecified atom stereocenters. The molecule has 1 heterocycles. The molecule has 0 saturated carbocycles. The van der Waals surface area contributed by atoms with E-state index in [0.29, 0.717) is 19.8 Å². The minimum absolute atomic E-state index is 0.0264. The van der Waals surface area contributed by atoms with Gasteiger partial charge in [0.25, 0.3) is 0 Å². The zero-order valence-electron chi connectivity index (χ0n) is 20.5. The third-order valence-electron chi connectivity index (χ3n) is 5.57. The summed E-state index contributed by atoms with van der Waals surface area (Å²) in [6, 6.07) is 0. The fraction of sp³-hybridized carbons (Fsp3) is 0.923. The van der Waals surface area contributed by atoms with Gasteiger partial charge in [0.1, 0.15) is 6.10 Å². The van der Waals surface area contributed by atoms with E-state index in [-0.39, 0.29) is 12.2 Å². The Morgan fingerprint density at radius 1 is 0.900 bits per heavy atom. The van der Waals surface area contributed by atoms with Gasteiger partial charge in [0, 0.05) is 6.61 Å². The molecule has 0 N–H and O–H groups in total. The highest BCUT2D eigenvalue weighted by molar-refractivity contribution is 4.84. The summed E-state index contributed by atoms with van der Waals surface area (Å²) in [7, 11) is 0. The van der Waals surface area contributed by atoms with Gasteiger partial charge in [-0.15, -0.1) is 0 Å². The second-order valence-electron chi connectivity index (χ2n) is 9.16. The molecule has 1 aliphatic heterocycles. The third kappa shape index (κ3) is 15.4. The molecule has 1 saturated heterocycles. The Labute approximate surface area is 187 Å².